The van der Waals surface area contributed by atoms with Gasteiger partial charge in [0.2, 0.25) is 0 Å². The van der Waals surface area contributed by atoms with Crippen LogP contribution in [0.3, 0.4) is 0 Å². The molecule has 3 N–H and O–H groups in total. The highest BCUT2D eigenvalue weighted by Gasteiger charge is 2.19. The molecule has 1 fully saturated rings. The molecule has 2 heterocycles. The van der Waals surface area contributed by atoms with Crippen LogP contribution in [0.2, 0.25) is 0 Å². The van der Waals surface area contributed by atoms with Gasteiger partial charge in [0.25, 0.3) is 5.91 Å². The van der Waals surface area contributed by atoms with Crippen molar-refractivity contribution in [3.63, 3.8) is 0 Å². The number of hydrogen-bond acceptors (Lipinski definition) is 6. The normalized spacial score (nSPS) is 16.9. The minimum absolute atomic E-state index is 0.119. The van der Waals surface area contributed by atoms with Crippen molar-refractivity contribution in [3.05, 3.63) is 4.88 Å². The molecule has 1 amide bonds. The van der Waals surface area contributed by atoms with Crippen LogP contribution in [0, 0.1) is 5.92 Å². The molecule has 1 aliphatic rings. The largest absolute Gasteiger partial charge is 0.382 e. The number of nitrogens with two attached hydrogens (primary N) is 1. The van der Waals surface area contributed by atoms with Gasteiger partial charge in [0.15, 0.2) is 5.13 Å². The molecule has 0 aromatic carbocycles. The van der Waals surface area contributed by atoms with Crippen LogP contribution in [0.15, 0.2) is 0 Å². The van der Waals surface area contributed by atoms with Crippen LogP contribution >= 0.6 is 11.3 Å². The van der Waals surface area contributed by atoms with E-state index < -0.39 is 0 Å². The van der Waals surface area contributed by atoms with Gasteiger partial charge >= 0.3 is 0 Å². The first-order chi connectivity index (χ1) is 9.97. The van der Waals surface area contributed by atoms with Gasteiger partial charge in [-0.25, -0.2) is 4.98 Å². The van der Waals surface area contributed by atoms with E-state index in [1.54, 1.807) is 0 Å². The van der Waals surface area contributed by atoms with E-state index in [1.165, 1.54) is 37.3 Å². The minimum atomic E-state index is -0.119. The number of anilines is 2. The number of likely N-dealkylation sites (tertiary alicyclic amines) is 1. The maximum absolute atomic E-state index is 12.2. The summed E-state index contributed by atoms with van der Waals surface area (Å²) in [6, 6.07) is 0. The zero-order valence-electron chi connectivity index (χ0n) is 13.1. The minimum Gasteiger partial charge on any atom is -0.382 e. The average Bonchev–Trinajstić information content (AvgIpc) is 3.05. The Bertz CT molecular complexity index is 482. The number of nitrogen functional groups attached to an aromatic ring is 1. The zero-order valence-corrected chi connectivity index (χ0v) is 13.9. The first-order valence-electron chi connectivity index (χ1n) is 7.41. The van der Waals surface area contributed by atoms with Gasteiger partial charge in [-0.1, -0.05) is 18.3 Å². The third-order valence-electron chi connectivity index (χ3n) is 3.61. The lowest BCUT2D eigenvalue weighted by Crippen LogP contribution is -2.34. The molecule has 0 bridgehead atoms. The van der Waals surface area contributed by atoms with Crippen molar-refractivity contribution < 1.29 is 4.79 Å². The average molecular weight is 311 g/mol. The van der Waals surface area contributed by atoms with Crippen molar-refractivity contribution in [3.8, 4) is 0 Å². The number of aromatic nitrogens is 1. The van der Waals surface area contributed by atoms with Gasteiger partial charge in [-0.15, -0.1) is 0 Å². The van der Waals surface area contributed by atoms with Crippen molar-refractivity contribution in [1.82, 2.24) is 15.2 Å². The number of carbonyl (C=O) groups excluding carboxylic acids is 1. The van der Waals surface area contributed by atoms with Crippen LogP contribution in [-0.2, 0) is 0 Å². The number of nitrogens with zero attached hydrogens (tertiary/aromatic N) is 3. The molecule has 1 aliphatic heterocycles. The molecule has 1 unspecified atom stereocenters. The summed E-state index contributed by atoms with van der Waals surface area (Å²) in [5.74, 6) is 0.634. The Kier molecular flexibility index (Phi) is 5.41. The number of carbonyl (C=O) groups is 1. The molecule has 0 aliphatic carbocycles. The van der Waals surface area contributed by atoms with Gasteiger partial charge in [0, 0.05) is 27.2 Å². The van der Waals surface area contributed by atoms with Crippen LogP contribution in [0.5, 0.6) is 0 Å². The summed E-state index contributed by atoms with van der Waals surface area (Å²) in [5, 5.41) is 3.72. The van der Waals surface area contributed by atoms with E-state index in [-0.39, 0.29) is 5.91 Å². The molecule has 7 heteroatoms. The van der Waals surface area contributed by atoms with E-state index in [4.69, 9.17) is 5.73 Å². The van der Waals surface area contributed by atoms with Crippen molar-refractivity contribution in [2.45, 2.75) is 19.8 Å². The summed E-state index contributed by atoms with van der Waals surface area (Å²) >= 11 is 1.33. The Labute approximate surface area is 130 Å². The van der Waals surface area contributed by atoms with Gasteiger partial charge in [-0.2, -0.15) is 0 Å². The summed E-state index contributed by atoms with van der Waals surface area (Å²) in [4.78, 5) is 21.2. The quantitative estimate of drug-likeness (QED) is 0.827. The molecule has 6 nitrogen and oxygen atoms in total. The first kappa shape index (κ1) is 16.0. The summed E-state index contributed by atoms with van der Waals surface area (Å²) in [5.41, 5.74) is 5.82. The van der Waals surface area contributed by atoms with Crippen molar-refractivity contribution in [2.75, 3.05) is 50.9 Å². The molecule has 1 aromatic heterocycles. The summed E-state index contributed by atoms with van der Waals surface area (Å²) < 4.78 is 0. The van der Waals surface area contributed by atoms with E-state index in [9.17, 15) is 4.79 Å². The molecule has 21 heavy (non-hydrogen) atoms. The van der Waals surface area contributed by atoms with Crippen molar-refractivity contribution in [1.29, 1.82) is 0 Å². The van der Waals surface area contributed by atoms with Crippen LogP contribution < -0.4 is 16.0 Å². The number of thiazole rings is 1. The molecule has 1 saturated heterocycles. The van der Waals surface area contributed by atoms with Crippen LogP contribution in [0.25, 0.3) is 0 Å². The SMILES string of the molecule is CC(CNC(=O)c1sc(N(C)C)nc1N)CN1CCCC1. The van der Waals surface area contributed by atoms with Gasteiger partial charge in [-0.05, 0) is 31.8 Å². The number of hydrogen-bond donors (Lipinski definition) is 2. The predicted octanol–water partition coefficient (Wildman–Crippen LogP) is 1.25. The molecule has 2 rings (SSSR count). The lowest BCUT2D eigenvalue weighted by Gasteiger charge is -2.20. The van der Waals surface area contributed by atoms with Crippen LogP contribution in [0.4, 0.5) is 10.9 Å². The highest BCUT2D eigenvalue weighted by atomic mass is 32.1. The highest BCUT2D eigenvalue weighted by molar-refractivity contribution is 7.18. The molecule has 0 saturated carbocycles. The van der Waals surface area contributed by atoms with E-state index in [0.717, 1.165) is 11.7 Å². The fourth-order valence-corrected chi connectivity index (χ4v) is 3.32. The molecule has 0 spiro atoms. The van der Waals surface area contributed by atoms with E-state index in [1.807, 2.05) is 19.0 Å². The number of amides is 1. The van der Waals surface area contributed by atoms with E-state index in [2.05, 4.69) is 22.1 Å². The lowest BCUT2D eigenvalue weighted by molar-refractivity contribution is 0.0950. The summed E-state index contributed by atoms with van der Waals surface area (Å²) in [6.07, 6.45) is 2.59. The van der Waals surface area contributed by atoms with Crippen LogP contribution in [0.1, 0.15) is 29.4 Å². The highest BCUT2D eigenvalue weighted by Crippen LogP contribution is 2.26. The first-order valence-corrected chi connectivity index (χ1v) is 8.23. The Morgan fingerprint density at radius 2 is 2.14 bits per heavy atom. The van der Waals surface area contributed by atoms with Gasteiger partial charge in [0.05, 0.1) is 0 Å². The van der Waals surface area contributed by atoms with Gasteiger partial charge in [0.1, 0.15) is 10.7 Å². The second-order valence-electron chi connectivity index (χ2n) is 5.93. The lowest BCUT2D eigenvalue weighted by atomic mass is 10.1. The molecule has 0 radical (unpaired) electrons. The van der Waals surface area contributed by atoms with E-state index in [0.29, 0.717) is 23.2 Å². The topological polar surface area (TPSA) is 74.5 Å². The van der Waals surface area contributed by atoms with E-state index >= 15 is 0 Å². The number of rotatable bonds is 6. The predicted molar refractivity (Wildman–Crippen MR) is 88.0 cm³/mol. The number of nitrogens with one attached hydrogen (secondary N) is 1. The fourth-order valence-electron chi connectivity index (χ4n) is 2.49. The maximum atomic E-state index is 12.2. The Balaban J connectivity index is 1.83. The zero-order chi connectivity index (χ0) is 15.4. The third-order valence-corrected chi connectivity index (χ3v) is 4.85. The molecule has 118 valence electrons. The molecule has 1 atom stereocenters. The molecular formula is C14H25N5OS. The Hall–Kier alpha value is -1.34. The molecular weight excluding hydrogens is 286 g/mol. The summed E-state index contributed by atoms with van der Waals surface area (Å²) in [7, 11) is 3.77. The summed E-state index contributed by atoms with van der Waals surface area (Å²) in [6.45, 7) is 6.25. The second kappa shape index (κ2) is 7.09. The standard InChI is InChI=1S/C14H25N5OS/c1-10(9-19-6-4-5-7-19)8-16-13(20)11-12(15)17-14(21-11)18(2)3/h10H,4-9,15H2,1-3H3,(H,16,20). The molecule has 1 aromatic rings. The fraction of sp³-hybridized carbons (Fsp3) is 0.714. The van der Waals surface area contributed by atoms with Gasteiger partial charge < -0.3 is 20.9 Å². The monoisotopic (exact) mass is 311 g/mol. The second-order valence-corrected chi connectivity index (χ2v) is 6.91. The third kappa shape index (κ3) is 4.31. The van der Waals surface area contributed by atoms with Crippen LogP contribution in [-0.4, -0.2) is 56.1 Å². The maximum Gasteiger partial charge on any atom is 0.265 e. The van der Waals surface area contributed by atoms with Crippen molar-refractivity contribution >= 4 is 28.2 Å². The Morgan fingerprint density at radius 3 is 2.71 bits per heavy atom. The Morgan fingerprint density at radius 1 is 1.48 bits per heavy atom. The smallest absolute Gasteiger partial charge is 0.265 e. The van der Waals surface area contributed by atoms with Gasteiger partial charge in [-0.3, -0.25) is 4.79 Å². The van der Waals surface area contributed by atoms with Crippen molar-refractivity contribution in [2.24, 2.45) is 5.92 Å².